The van der Waals surface area contributed by atoms with Crippen molar-refractivity contribution in [1.82, 2.24) is 15.5 Å². The largest absolute Gasteiger partial charge is 0.396 e. The monoisotopic (exact) mass is 257 g/mol. The Balaban J connectivity index is 2.11. The zero-order valence-corrected chi connectivity index (χ0v) is 10.4. The summed E-state index contributed by atoms with van der Waals surface area (Å²) in [5.74, 6) is -0.225. The topological polar surface area (TPSA) is 75.1 Å². The number of rotatable bonds is 5. The summed E-state index contributed by atoms with van der Waals surface area (Å²) in [4.78, 5) is 12.0. The molecule has 0 radical (unpaired) electrons. The summed E-state index contributed by atoms with van der Waals surface area (Å²) in [7, 11) is 0. The van der Waals surface area contributed by atoms with Gasteiger partial charge in [-0.25, -0.2) is 0 Å². The Morgan fingerprint density at radius 1 is 1.21 bits per heavy atom. The van der Waals surface area contributed by atoms with Crippen molar-refractivity contribution < 1.29 is 9.90 Å². The summed E-state index contributed by atoms with van der Waals surface area (Å²) >= 11 is 0. The fourth-order valence-electron chi connectivity index (χ4n) is 1.80. The van der Waals surface area contributed by atoms with Crippen molar-refractivity contribution in [3.8, 4) is 0 Å². The lowest BCUT2D eigenvalue weighted by Crippen LogP contribution is -2.29. The first-order valence-electron chi connectivity index (χ1n) is 6.04. The van der Waals surface area contributed by atoms with Crippen LogP contribution in [-0.4, -0.2) is 27.8 Å². The van der Waals surface area contributed by atoms with Gasteiger partial charge in [-0.1, -0.05) is 30.3 Å². The minimum Gasteiger partial charge on any atom is -0.396 e. The fourth-order valence-corrected chi connectivity index (χ4v) is 1.80. The van der Waals surface area contributed by atoms with Crippen LogP contribution in [0.25, 0.3) is 0 Å². The predicted octanol–water partition coefficient (Wildman–Crippen LogP) is 1.33. The maximum Gasteiger partial charge on any atom is 0.253 e. The van der Waals surface area contributed by atoms with E-state index in [0.29, 0.717) is 12.0 Å². The third-order valence-corrected chi connectivity index (χ3v) is 2.77. The number of aliphatic hydroxyl groups excluding tert-OH is 1. The standard InChI is InChI=1S/C14H15N3O2/c18-9-7-13(11-4-2-1-3-5-11)17-14(19)12-6-8-15-16-10-12/h1-6,8,10,13,18H,7,9H2,(H,17,19). The van der Waals surface area contributed by atoms with Gasteiger partial charge in [0.15, 0.2) is 0 Å². The summed E-state index contributed by atoms with van der Waals surface area (Å²) in [5.41, 5.74) is 1.42. The summed E-state index contributed by atoms with van der Waals surface area (Å²) < 4.78 is 0. The molecule has 98 valence electrons. The molecule has 2 N–H and O–H groups in total. The molecule has 1 unspecified atom stereocenters. The number of hydrogen-bond donors (Lipinski definition) is 2. The second-order valence-corrected chi connectivity index (χ2v) is 4.08. The van der Waals surface area contributed by atoms with Gasteiger partial charge in [0.1, 0.15) is 0 Å². The van der Waals surface area contributed by atoms with Crippen LogP contribution in [0.4, 0.5) is 0 Å². The Labute approximate surface area is 111 Å². The predicted molar refractivity (Wildman–Crippen MR) is 70.4 cm³/mol. The van der Waals surface area contributed by atoms with E-state index in [2.05, 4.69) is 15.5 Å². The Bertz CT molecular complexity index is 517. The average Bonchev–Trinajstić information content (AvgIpc) is 2.48. The number of aliphatic hydroxyl groups is 1. The van der Waals surface area contributed by atoms with Crippen LogP contribution in [0.5, 0.6) is 0 Å². The van der Waals surface area contributed by atoms with Crippen molar-refractivity contribution >= 4 is 5.91 Å². The molecule has 0 bridgehead atoms. The number of aromatic nitrogens is 2. The SMILES string of the molecule is O=C(NC(CCO)c1ccccc1)c1ccnnc1. The van der Waals surface area contributed by atoms with E-state index in [1.54, 1.807) is 6.07 Å². The van der Waals surface area contributed by atoms with E-state index < -0.39 is 0 Å². The van der Waals surface area contributed by atoms with Crippen LogP contribution >= 0.6 is 0 Å². The molecule has 2 aromatic rings. The zero-order chi connectivity index (χ0) is 13.5. The summed E-state index contributed by atoms with van der Waals surface area (Å²) in [6.45, 7) is 0.00837. The molecule has 0 aliphatic carbocycles. The molecule has 19 heavy (non-hydrogen) atoms. The molecular weight excluding hydrogens is 242 g/mol. The van der Waals surface area contributed by atoms with E-state index in [1.807, 2.05) is 30.3 Å². The molecule has 1 aromatic carbocycles. The lowest BCUT2D eigenvalue weighted by molar-refractivity contribution is 0.0929. The molecule has 5 heteroatoms. The second-order valence-electron chi connectivity index (χ2n) is 4.08. The second kappa shape index (κ2) is 6.61. The molecule has 0 saturated carbocycles. The van der Waals surface area contributed by atoms with Crippen LogP contribution in [0, 0.1) is 0 Å². The fraction of sp³-hybridized carbons (Fsp3) is 0.214. The smallest absolute Gasteiger partial charge is 0.253 e. The molecule has 2 rings (SSSR count). The van der Waals surface area contributed by atoms with Crippen LogP contribution in [0.15, 0.2) is 48.8 Å². The van der Waals surface area contributed by atoms with Crippen LogP contribution in [-0.2, 0) is 0 Å². The van der Waals surface area contributed by atoms with Gasteiger partial charge < -0.3 is 10.4 Å². The molecule has 1 aromatic heterocycles. The minimum absolute atomic E-state index is 0.00837. The molecule has 5 nitrogen and oxygen atoms in total. The highest BCUT2D eigenvalue weighted by Gasteiger charge is 2.15. The normalized spacial score (nSPS) is 11.8. The quantitative estimate of drug-likeness (QED) is 0.847. The lowest BCUT2D eigenvalue weighted by Gasteiger charge is -2.18. The van der Waals surface area contributed by atoms with Crippen molar-refractivity contribution in [1.29, 1.82) is 0 Å². The highest BCUT2D eigenvalue weighted by atomic mass is 16.3. The minimum atomic E-state index is -0.225. The zero-order valence-electron chi connectivity index (χ0n) is 10.4. The Hall–Kier alpha value is -2.27. The first kappa shape index (κ1) is 13.2. The van der Waals surface area contributed by atoms with E-state index in [1.165, 1.54) is 12.4 Å². The van der Waals surface area contributed by atoms with Crippen LogP contribution in [0.2, 0.25) is 0 Å². The van der Waals surface area contributed by atoms with E-state index in [0.717, 1.165) is 5.56 Å². The summed E-state index contributed by atoms with van der Waals surface area (Å²) in [6, 6.07) is 10.9. The molecule has 0 saturated heterocycles. The van der Waals surface area contributed by atoms with Crippen LogP contribution < -0.4 is 5.32 Å². The van der Waals surface area contributed by atoms with Crippen molar-refractivity contribution in [3.63, 3.8) is 0 Å². The molecule has 0 aliphatic heterocycles. The number of nitrogens with zero attached hydrogens (tertiary/aromatic N) is 2. The molecule has 1 atom stereocenters. The number of benzene rings is 1. The Morgan fingerprint density at radius 2 is 2.00 bits per heavy atom. The van der Waals surface area contributed by atoms with Crippen molar-refractivity contribution in [2.45, 2.75) is 12.5 Å². The molecule has 0 aliphatic rings. The van der Waals surface area contributed by atoms with Gasteiger partial charge in [0, 0.05) is 6.61 Å². The average molecular weight is 257 g/mol. The number of carbonyl (C=O) groups excluding carboxylic acids is 1. The maximum absolute atomic E-state index is 12.0. The highest BCUT2D eigenvalue weighted by molar-refractivity contribution is 5.93. The first-order valence-corrected chi connectivity index (χ1v) is 6.04. The van der Waals surface area contributed by atoms with Crippen LogP contribution in [0.1, 0.15) is 28.4 Å². The lowest BCUT2D eigenvalue weighted by atomic mass is 10.0. The van der Waals surface area contributed by atoms with Gasteiger partial charge in [0.25, 0.3) is 5.91 Å². The van der Waals surface area contributed by atoms with Gasteiger partial charge in [-0.05, 0) is 18.1 Å². The van der Waals surface area contributed by atoms with Crippen molar-refractivity contribution in [3.05, 3.63) is 59.9 Å². The first-order chi connectivity index (χ1) is 9.31. The third-order valence-electron chi connectivity index (χ3n) is 2.77. The Morgan fingerprint density at radius 3 is 2.63 bits per heavy atom. The molecular formula is C14H15N3O2. The van der Waals surface area contributed by atoms with Crippen LogP contribution in [0.3, 0.4) is 0 Å². The number of nitrogens with one attached hydrogen (secondary N) is 1. The molecule has 0 fully saturated rings. The molecule has 0 spiro atoms. The van der Waals surface area contributed by atoms with Gasteiger partial charge in [0.2, 0.25) is 0 Å². The van der Waals surface area contributed by atoms with E-state index in [-0.39, 0.29) is 18.6 Å². The van der Waals surface area contributed by atoms with Gasteiger partial charge in [-0.15, -0.1) is 0 Å². The summed E-state index contributed by atoms with van der Waals surface area (Å²) in [6.07, 6.45) is 3.35. The number of amides is 1. The molecule has 1 amide bonds. The van der Waals surface area contributed by atoms with Gasteiger partial charge in [0.05, 0.1) is 24.0 Å². The van der Waals surface area contributed by atoms with Gasteiger partial charge in [-0.3, -0.25) is 4.79 Å². The number of carbonyl (C=O) groups is 1. The highest BCUT2D eigenvalue weighted by Crippen LogP contribution is 2.16. The van der Waals surface area contributed by atoms with E-state index in [9.17, 15) is 4.79 Å². The van der Waals surface area contributed by atoms with E-state index in [4.69, 9.17) is 5.11 Å². The van der Waals surface area contributed by atoms with Gasteiger partial charge >= 0.3 is 0 Å². The maximum atomic E-state index is 12.0. The number of hydrogen-bond acceptors (Lipinski definition) is 4. The third kappa shape index (κ3) is 3.59. The van der Waals surface area contributed by atoms with Crippen molar-refractivity contribution in [2.75, 3.05) is 6.61 Å². The summed E-state index contributed by atoms with van der Waals surface area (Å²) in [5, 5.41) is 19.3. The van der Waals surface area contributed by atoms with Gasteiger partial charge in [-0.2, -0.15) is 10.2 Å². The van der Waals surface area contributed by atoms with Crippen molar-refractivity contribution in [2.24, 2.45) is 0 Å². The molecule has 1 heterocycles. The Kier molecular flexibility index (Phi) is 4.58. The van der Waals surface area contributed by atoms with E-state index >= 15 is 0 Å².